The first-order valence-electron chi connectivity index (χ1n) is 13.0. The number of carbonyl (C=O) groups is 2. The van der Waals surface area contributed by atoms with E-state index in [1.54, 1.807) is 4.90 Å². The molecule has 7 rings (SSSR count). The molecule has 1 aromatic rings. The van der Waals surface area contributed by atoms with E-state index in [9.17, 15) is 9.59 Å². The fourth-order valence-corrected chi connectivity index (χ4v) is 8.16. The van der Waals surface area contributed by atoms with Crippen LogP contribution in [0, 0.1) is 29.1 Å². The first-order valence-corrected chi connectivity index (χ1v) is 13.0. The average molecular weight is 462 g/mol. The minimum atomic E-state index is 0.0846. The lowest BCUT2D eigenvalue weighted by molar-refractivity contribution is -0.131. The van der Waals surface area contributed by atoms with Crippen LogP contribution in [0.5, 0.6) is 0 Å². The van der Waals surface area contributed by atoms with Crippen molar-refractivity contribution in [3.63, 3.8) is 0 Å². The van der Waals surface area contributed by atoms with Gasteiger partial charge in [0.15, 0.2) is 0 Å². The number of urea groups is 1. The van der Waals surface area contributed by atoms with Crippen LogP contribution in [-0.4, -0.2) is 66.5 Å². The molecule has 34 heavy (non-hydrogen) atoms. The van der Waals surface area contributed by atoms with Crippen molar-refractivity contribution >= 4 is 17.6 Å². The van der Waals surface area contributed by atoms with Crippen LogP contribution in [0.3, 0.4) is 0 Å². The number of nitrogens with zero attached hydrogens (tertiary/aromatic N) is 4. The monoisotopic (exact) mass is 461 g/mol. The Balaban J connectivity index is 1.10. The number of nitrogens with one attached hydrogen (secondary N) is 1. The fourth-order valence-electron chi connectivity index (χ4n) is 8.16. The SMILES string of the molecule is CN1CCN(c2ccc(C3C4CC5CC3CC5(NCC(=O)N3CCC[C@H]3CC#N)C4)cc2)C1=O. The van der Waals surface area contributed by atoms with Crippen LogP contribution in [0.25, 0.3) is 0 Å². The van der Waals surface area contributed by atoms with Gasteiger partial charge in [0.25, 0.3) is 0 Å². The fraction of sp³-hybridized carbons (Fsp3) is 0.667. The molecule has 1 N–H and O–H groups in total. The van der Waals surface area contributed by atoms with Crippen molar-refractivity contribution in [3.05, 3.63) is 29.8 Å². The maximum absolute atomic E-state index is 13.0. The predicted octanol–water partition coefficient (Wildman–Crippen LogP) is 3.32. The lowest BCUT2D eigenvalue weighted by atomic mass is 9.68. The van der Waals surface area contributed by atoms with Gasteiger partial charge in [-0.15, -0.1) is 0 Å². The van der Waals surface area contributed by atoms with Gasteiger partial charge in [-0.25, -0.2) is 4.79 Å². The zero-order valence-electron chi connectivity index (χ0n) is 20.1. The van der Waals surface area contributed by atoms with Crippen LogP contribution in [-0.2, 0) is 4.79 Å². The van der Waals surface area contributed by atoms with Gasteiger partial charge in [-0.3, -0.25) is 9.69 Å². The van der Waals surface area contributed by atoms with Crippen LogP contribution in [0.15, 0.2) is 24.3 Å². The Kier molecular flexibility index (Phi) is 5.33. The molecule has 1 aromatic carbocycles. The maximum atomic E-state index is 13.0. The second kappa shape index (κ2) is 8.27. The number of amides is 3. The van der Waals surface area contributed by atoms with E-state index in [1.807, 2.05) is 16.8 Å². The highest BCUT2D eigenvalue weighted by Gasteiger charge is 2.61. The number of likely N-dealkylation sites (tertiary alicyclic amines) is 1. The molecule has 2 unspecified atom stereocenters. The number of carbonyl (C=O) groups excluding carboxylic acids is 2. The van der Waals surface area contributed by atoms with E-state index >= 15 is 0 Å². The molecular formula is C27H35N5O2. The van der Waals surface area contributed by atoms with E-state index in [0.29, 0.717) is 36.6 Å². The van der Waals surface area contributed by atoms with E-state index in [4.69, 9.17) is 5.26 Å². The van der Waals surface area contributed by atoms with E-state index < -0.39 is 0 Å². The summed E-state index contributed by atoms with van der Waals surface area (Å²) in [6.45, 7) is 2.75. The van der Waals surface area contributed by atoms with Crippen molar-refractivity contribution in [2.24, 2.45) is 17.8 Å². The first-order chi connectivity index (χ1) is 16.5. The molecule has 2 heterocycles. The number of hydrogen-bond acceptors (Lipinski definition) is 4. The van der Waals surface area contributed by atoms with E-state index in [0.717, 1.165) is 51.0 Å². The Hall–Kier alpha value is -2.59. The van der Waals surface area contributed by atoms with Crippen LogP contribution < -0.4 is 10.2 Å². The third kappa shape index (κ3) is 3.41. The number of rotatable bonds is 6. The molecule has 2 saturated heterocycles. The van der Waals surface area contributed by atoms with E-state index in [1.165, 1.54) is 18.4 Å². The Labute approximate surface area is 202 Å². The van der Waals surface area contributed by atoms with E-state index in [-0.39, 0.29) is 23.5 Å². The smallest absolute Gasteiger partial charge is 0.324 e. The molecule has 0 radical (unpaired) electrons. The maximum Gasteiger partial charge on any atom is 0.324 e. The molecule has 2 aliphatic heterocycles. The minimum absolute atomic E-state index is 0.0846. The molecule has 4 aliphatic carbocycles. The zero-order valence-corrected chi connectivity index (χ0v) is 20.1. The summed E-state index contributed by atoms with van der Waals surface area (Å²) in [5, 5.41) is 12.8. The summed E-state index contributed by atoms with van der Waals surface area (Å²) in [4.78, 5) is 30.9. The Morgan fingerprint density at radius 3 is 2.53 bits per heavy atom. The van der Waals surface area contributed by atoms with E-state index in [2.05, 4.69) is 35.7 Å². The van der Waals surface area contributed by atoms with Crippen molar-refractivity contribution in [1.29, 1.82) is 5.26 Å². The van der Waals surface area contributed by atoms with Crippen molar-refractivity contribution in [3.8, 4) is 6.07 Å². The Morgan fingerprint density at radius 2 is 1.88 bits per heavy atom. The van der Waals surface area contributed by atoms with Gasteiger partial charge in [0.1, 0.15) is 0 Å². The molecule has 3 amide bonds. The highest BCUT2D eigenvalue weighted by Crippen LogP contribution is 2.65. The van der Waals surface area contributed by atoms with Crippen LogP contribution in [0.4, 0.5) is 10.5 Å². The second-order valence-corrected chi connectivity index (χ2v) is 11.3. The quantitative estimate of drug-likeness (QED) is 0.705. The van der Waals surface area contributed by atoms with Gasteiger partial charge in [-0.2, -0.15) is 5.26 Å². The average Bonchev–Trinajstić information content (AvgIpc) is 3.56. The molecular weight excluding hydrogens is 426 g/mol. The number of likely N-dealkylation sites (N-methyl/N-ethyl adjacent to an activating group) is 1. The lowest BCUT2D eigenvalue weighted by Gasteiger charge is -2.40. The third-order valence-electron chi connectivity index (χ3n) is 9.65. The second-order valence-electron chi connectivity index (χ2n) is 11.3. The number of benzene rings is 1. The van der Waals surface area contributed by atoms with Gasteiger partial charge >= 0.3 is 6.03 Å². The van der Waals surface area contributed by atoms with Crippen LogP contribution >= 0.6 is 0 Å². The zero-order chi connectivity index (χ0) is 23.4. The highest BCUT2D eigenvalue weighted by atomic mass is 16.2. The van der Waals surface area contributed by atoms with Crippen molar-refractivity contribution < 1.29 is 9.59 Å². The Bertz CT molecular complexity index is 1000. The summed E-state index contributed by atoms with van der Waals surface area (Å²) < 4.78 is 0. The third-order valence-corrected chi connectivity index (χ3v) is 9.65. The number of hydrogen-bond donors (Lipinski definition) is 1. The predicted molar refractivity (Wildman–Crippen MR) is 129 cm³/mol. The van der Waals surface area contributed by atoms with Crippen molar-refractivity contribution in [2.45, 2.75) is 62.4 Å². The largest absolute Gasteiger partial charge is 0.338 e. The molecule has 6 fully saturated rings. The highest BCUT2D eigenvalue weighted by molar-refractivity contribution is 5.93. The summed E-state index contributed by atoms with van der Waals surface area (Å²) in [5.74, 6) is 2.78. The molecule has 0 spiro atoms. The molecule has 7 heteroatoms. The molecule has 6 aliphatic rings. The molecule has 0 aromatic heterocycles. The summed E-state index contributed by atoms with van der Waals surface area (Å²) in [5.41, 5.74) is 2.54. The van der Waals surface area contributed by atoms with Crippen LogP contribution in [0.1, 0.15) is 56.4 Å². The van der Waals surface area contributed by atoms with Gasteiger partial charge in [0.2, 0.25) is 5.91 Å². The van der Waals surface area contributed by atoms with Gasteiger partial charge in [-0.1, -0.05) is 12.1 Å². The minimum Gasteiger partial charge on any atom is -0.338 e. The molecule has 180 valence electrons. The summed E-state index contributed by atoms with van der Waals surface area (Å²) in [7, 11) is 1.86. The van der Waals surface area contributed by atoms with Crippen molar-refractivity contribution in [1.82, 2.24) is 15.1 Å². The van der Waals surface area contributed by atoms with Gasteiger partial charge < -0.3 is 15.1 Å². The number of anilines is 1. The van der Waals surface area contributed by atoms with Gasteiger partial charge in [0, 0.05) is 44.0 Å². The van der Waals surface area contributed by atoms with Crippen molar-refractivity contribution in [2.75, 3.05) is 38.1 Å². The topological polar surface area (TPSA) is 79.7 Å². The molecule has 7 nitrogen and oxygen atoms in total. The standard InChI is InChI=1S/C27H35N5O2/c1-30-11-12-32(26(30)34)23-6-4-18(5-7-23)25-19-13-21-14-20(25)16-27(21,15-19)29-17-24(33)31-10-2-3-22(31)8-9-28/h4-7,19-22,25,29H,2-3,8,10-17H2,1H3/t19?,20?,21?,22-,25?,27?/m0/s1. The lowest BCUT2D eigenvalue weighted by Crippen LogP contribution is -2.52. The molecule has 3 atom stereocenters. The van der Waals surface area contributed by atoms with Crippen LogP contribution in [0.2, 0.25) is 0 Å². The summed E-state index contributed by atoms with van der Waals surface area (Å²) in [6.07, 6.45) is 7.24. The molecule has 4 saturated carbocycles. The molecule has 4 bridgehead atoms. The van der Waals surface area contributed by atoms with Gasteiger partial charge in [0.05, 0.1) is 19.0 Å². The Morgan fingerprint density at radius 1 is 1.15 bits per heavy atom. The van der Waals surface area contributed by atoms with Gasteiger partial charge in [-0.05, 0) is 79.9 Å². The number of nitriles is 1. The summed E-state index contributed by atoms with van der Waals surface area (Å²) >= 11 is 0. The first kappa shape index (κ1) is 21.9. The normalized spacial score (nSPS) is 36.1. The summed E-state index contributed by atoms with van der Waals surface area (Å²) in [6, 6.07) is 11.2.